The molecule has 0 saturated heterocycles. The lowest BCUT2D eigenvalue weighted by Gasteiger charge is -2.16. The van der Waals surface area contributed by atoms with Gasteiger partial charge in [0.05, 0.1) is 24.0 Å². The Morgan fingerprint density at radius 2 is 1.50 bits per heavy atom. The Labute approximate surface area is 157 Å². The van der Waals surface area contributed by atoms with Crippen LogP contribution in [0.3, 0.4) is 0 Å². The molecule has 0 aliphatic rings. The minimum atomic E-state index is -4.63. The van der Waals surface area contributed by atoms with Crippen LogP contribution in [0.1, 0.15) is 5.56 Å². The molecule has 3 N–H and O–H groups in total. The Bertz CT molecular complexity index is 871. The van der Waals surface area contributed by atoms with Gasteiger partial charge in [-0.05, 0) is 24.3 Å². The lowest BCUT2D eigenvalue weighted by Crippen LogP contribution is -3.11. The minimum absolute atomic E-state index is 0.287. The van der Waals surface area contributed by atoms with Crippen molar-refractivity contribution in [2.45, 2.75) is 6.18 Å². The van der Waals surface area contributed by atoms with Crippen molar-refractivity contribution in [2.24, 2.45) is 0 Å². The number of amides is 2. The Balaban J connectivity index is 1.93. The summed E-state index contributed by atoms with van der Waals surface area (Å²) in [6.07, 6.45) is -4.63. The molecule has 2 amide bonds. The third kappa shape index (κ3) is 6.02. The van der Waals surface area contributed by atoms with Gasteiger partial charge in [0.2, 0.25) is 0 Å². The van der Waals surface area contributed by atoms with Crippen molar-refractivity contribution < 1.29 is 36.4 Å². The van der Waals surface area contributed by atoms with E-state index in [0.29, 0.717) is 4.90 Å². The lowest BCUT2D eigenvalue weighted by atomic mass is 10.1. The van der Waals surface area contributed by atoms with Crippen LogP contribution in [-0.4, -0.2) is 32.0 Å². The number of carbonyl (C=O) groups excluding carboxylic acids is 2. The van der Waals surface area contributed by atoms with E-state index in [0.717, 1.165) is 30.3 Å². The highest BCUT2D eigenvalue weighted by atomic mass is 19.4. The molecule has 0 aliphatic heterocycles. The second-order valence-electron chi connectivity index (χ2n) is 6.07. The van der Waals surface area contributed by atoms with Gasteiger partial charge in [-0.1, -0.05) is 12.1 Å². The summed E-state index contributed by atoms with van der Waals surface area (Å²) in [6, 6.07) is 7.07. The normalized spacial score (nSPS) is 12.4. The molecule has 0 bridgehead atoms. The van der Waals surface area contributed by atoms with Gasteiger partial charge in [-0.15, -0.1) is 0 Å². The van der Waals surface area contributed by atoms with Crippen LogP contribution in [0.25, 0.3) is 0 Å². The summed E-state index contributed by atoms with van der Waals surface area (Å²) in [7, 11) is 1.46. The summed E-state index contributed by atoms with van der Waals surface area (Å²) in [4.78, 5) is 24.2. The number of benzene rings is 2. The highest BCUT2D eigenvalue weighted by Crippen LogP contribution is 2.34. The zero-order valence-electron chi connectivity index (χ0n) is 14.7. The lowest BCUT2D eigenvalue weighted by molar-refractivity contribution is -0.862. The molecule has 150 valence electrons. The topological polar surface area (TPSA) is 62.6 Å². The molecule has 10 heteroatoms. The Morgan fingerprint density at radius 3 is 2.11 bits per heavy atom. The first-order valence-electron chi connectivity index (χ1n) is 8.08. The molecule has 1 unspecified atom stereocenters. The van der Waals surface area contributed by atoms with Gasteiger partial charge < -0.3 is 15.5 Å². The third-order valence-corrected chi connectivity index (χ3v) is 3.63. The zero-order chi connectivity index (χ0) is 20.9. The van der Waals surface area contributed by atoms with E-state index in [2.05, 4.69) is 10.6 Å². The molecule has 2 rings (SSSR count). The van der Waals surface area contributed by atoms with E-state index in [4.69, 9.17) is 0 Å². The van der Waals surface area contributed by atoms with Crippen LogP contribution in [0.2, 0.25) is 0 Å². The fourth-order valence-electron chi connectivity index (χ4n) is 2.43. The maximum absolute atomic E-state index is 13.5. The summed E-state index contributed by atoms with van der Waals surface area (Å²) in [6.45, 7) is -0.602. The number of rotatable bonds is 6. The first-order chi connectivity index (χ1) is 13.1. The largest absolute Gasteiger partial charge is 0.418 e. The molecule has 0 saturated carbocycles. The number of alkyl halides is 3. The number of hydrogen-bond donors (Lipinski definition) is 3. The maximum atomic E-state index is 13.5. The average molecular weight is 402 g/mol. The SMILES string of the molecule is C[NH+](CC(=O)Nc1cc(F)ccc1F)CC(=O)Nc1ccccc1C(F)(F)F. The molecule has 1 atom stereocenters. The van der Waals surface area contributed by atoms with E-state index in [9.17, 15) is 31.5 Å². The quantitative estimate of drug-likeness (QED) is 0.648. The fourth-order valence-corrected chi connectivity index (χ4v) is 2.43. The van der Waals surface area contributed by atoms with E-state index in [1.807, 2.05) is 0 Å². The molecule has 0 heterocycles. The van der Waals surface area contributed by atoms with Gasteiger partial charge in [-0.25, -0.2) is 8.78 Å². The number of halogens is 5. The van der Waals surface area contributed by atoms with Crippen molar-refractivity contribution in [1.82, 2.24) is 0 Å². The molecule has 0 aliphatic carbocycles. The van der Waals surface area contributed by atoms with Crippen LogP contribution in [0, 0.1) is 11.6 Å². The first-order valence-corrected chi connectivity index (χ1v) is 8.08. The number of para-hydroxylation sites is 1. The molecule has 0 spiro atoms. The van der Waals surface area contributed by atoms with Gasteiger partial charge in [-0.2, -0.15) is 13.2 Å². The average Bonchev–Trinajstić information content (AvgIpc) is 2.57. The molecule has 5 nitrogen and oxygen atoms in total. The van der Waals surface area contributed by atoms with E-state index in [1.54, 1.807) is 0 Å². The van der Waals surface area contributed by atoms with Crippen LogP contribution in [0.5, 0.6) is 0 Å². The van der Waals surface area contributed by atoms with Gasteiger partial charge in [0.25, 0.3) is 11.8 Å². The molecular formula is C18H17F5N3O2+. The predicted molar refractivity (Wildman–Crippen MR) is 91.7 cm³/mol. The monoisotopic (exact) mass is 402 g/mol. The first kappa shape index (κ1) is 21.3. The second kappa shape index (κ2) is 8.79. The number of hydrogen-bond acceptors (Lipinski definition) is 2. The van der Waals surface area contributed by atoms with Crippen LogP contribution in [0.15, 0.2) is 42.5 Å². The van der Waals surface area contributed by atoms with Crippen LogP contribution >= 0.6 is 0 Å². The van der Waals surface area contributed by atoms with Crippen LogP contribution < -0.4 is 15.5 Å². The Morgan fingerprint density at radius 1 is 0.929 bits per heavy atom. The second-order valence-corrected chi connectivity index (χ2v) is 6.07. The maximum Gasteiger partial charge on any atom is 0.418 e. The van der Waals surface area contributed by atoms with Gasteiger partial charge >= 0.3 is 6.18 Å². The summed E-state index contributed by atoms with van der Waals surface area (Å²) in [5, 5.41) is 4.35. The van der Waals surface area contributed by atoms with E-state index < -0.39 is 35.2 Å². The Hall–Kier alpha value is -3.01. The highest BCUT2D eigenvalue weighted by Gasteiger charge is 2.33. The van der Waals surface area contributed by atoms with Crippen molar-refractivity contribution >= 4 is 23.2 Å². The third-order valence-electron chi connectivity index (χ3n) is 3.63. The van der Waals surface area contributed by atoms with Crippen molar-refractivity contribution in [3.63, 3.8) is 0 Å². The number of carbonyl (C=O) groups is 2. The van der Waals surface area contributed by atoms with E-state index in [-0.39, 0.29) is 24.5 Å². The number of likely N-dealkylation sites (N-methyl/N-ethyl adjacent to an activating group) is 1. The van der Waals surface area contributed by atoms with Gasteiger partial charge in [0.15, 0.2) is 13.1 Å². The number of quaternary nitrogens is 1. The molecule has 2 aromatic carbocycles. The fraction of sp³-hybridized carbons (Fsp3) is 0.222. The molecular weight excluding hydrogens is 385 g/mol. The van der Waals surface area contributed by atoms with E-state index >= 15 is 0 Å². The molecule has 0 radical (unpaired) electrons. The summed E-state index contributed by atoms with van der Waals surface area (Å²) < 4.78 is 65.4. The summed E-state index contributed by atoms with van der Waals surface area (Å²) in [5.74, 6) is -2.99. The van der Waals surface area contributed by atoms with Crippen LogP contribution in [-0.2, 0) is 15.8 Å². The minimum Gasteiger partial charge on any atom is -0.322 e. The standard InChI is InChI=1S/C18H16F5N3O2/c1-26(10-17(28)25-15-8-11(19)6-7-13(15)20)9-16(27)24-14-5-3-2-4-12(14)18(21,22)23/h2-8H,9-10H2,1H3,(H,24,27)(H,25,28)/p+1. The van der Waals surface area contributed by atoms with Crippen molar-refractivity contribution in [3.8, 4) is 0 Å². The van der Waals surface area contributed by atoms with Gasteiger partial charge in [0, 0.05) is 6.07 Å². The molecule has 2 aromatic rings. The van der Waals surface area contributed by atoms with Gasteiger partial charge in [-0.3, -0.25) is 9.59 Å². The number of nitrogens with one attached hydrogen (secondary N) is 3. The predicted octanol–water partition coefficient (Wildman–Crippen LogP) is 2.08. The van der Waals surface area contributed by atoms with E-state index in [1.165, 1.54) is 19.2 Å². The molecule has 28 heavy (non-hydrogen) atoms. The smallest absolute Gasteiger partial charge is 0.322 e. The van der Waals surface area contributed by atoms with Crippen molar-refractivity contribution in [3.05, 3.63) is 59.7 Å². The Kier molecular flexibility index (Phi) is 6.68. The van der Waals surface area contributed by atoms with Gasteiger partial charge in [0.1, 0.15) is 11.6 Å². The van der Waals surface area contributed by atoms with Crippen molar-refractivity contribution in [1.29, 1.82) is 0 Å². The van der Waals surface area contributed by atoms with Crippen LogP contribution in [0.4, 0.5) is 33.3 Å². The molecule has 0 fully saturated rings. The summed E-state index contributed by atoms with van der Waals surface area (Å²) in [5.41, 5.74) is -1.72. The molecule has 0 aromatic heterocycles. The highest BCUT2D eigenvalue weighted by molar-refractivity contribution is 5.93. The number of anilines is 2. The summed E-state index contributed by atoms with van der Waals surface area (Å²) >= 11 is 0. The zero-order valence-corrected chi connectivity index (χ0v) is 14.7. The van der Waals surface area contributed by atoms with Crippen molar-refractivity contribution in [2.75, 3.05) is 30.8 Å².